The normalized spacial score (nSPS) is 14.4. The number of aliphatic hydroxyl groups is 2. The molecule has 4 N–H and O–H groups in total. The van der Waals surface area contributed by atoms with Gasteiger partial charge in [-0.05, 0) is 116 Å². The molecule has 99 heavy (non-hydrogen) atoms. The molecule has 16 nitrogen and oxygen atoms in total. The van der Waals surface area contributed by atoms with Gasteiger partial charge in [0, 0.05) is 19.3 Å². The minimum atomic E-state index is -4.92. The van der Waals surface area contributed by atoms with Crippen LogP contribution in [0.5, 0.6) is 0 Å². The molecular weight excluding hydrogens is 1290 g/mol. The first kappa shape index (κ1) is 96.0. The molecule has 0 aromatic rings. The molecule has 0 spiro atoms. The van der Waals surface area contributed by atoms with Gasteiger partial charge < -0.3 is 34.2 Å². The maximum Gasteiger partial charge on any atom is 0.472 e. The Morgan fingerprint density at radius 3 is 0.838 bits per heavy atom. The van der Waals surface area contributed by atoms with Gasteiger partial charge in [-0.3, -0.25) is 32.5 Å². The van der Waals surface area contributed by atoms with Gasteiger partial charge in [-0.15, -0.1) is 0 Å². The predicted octanol–water partition coefficient (Wildman–Crippen LogP) is 23.4. The second kappa shape index (κ2) is 74.7. The molecule has 0 amide bonds. The lowest BCUT2D eigenvalue weighted by atomic mass is 10.0. The number of carbonyl (C=O) groups excluding carboxylic acids is 3. The molecule has 0 saturated carbocycles. The summed E-state index contributed by atoms with van der Waals surface area (Å²) < 4.78 is 61.0. The molecule has 0 rings (SSSR count). The summed E-state index contributed by atoms with van der Waals surface area (Å²) in [4.78, 5) is 58.5. The lowest BCUT2D eigenvalue weighted by Crippen LogP contribution is -2.30. The lowest BCUT2D eigenvalue weighted by Gasteiger charge is -2.21. The molecule has 0 aromatic carbocycles. The van der Waals surface area contributed by atoms with E-state index in [9.17, 15) is 43.5 Å². The van der Waals surface area contributed by atoms with Crippen LogP contribution >= 0.6 is 15.6 Å². The molecule has 5 unspecified atom stereocenters. The first-order valence-corrected chi connectivity index (χ1v) is 43.2. The zero-order valence-corrected chi connectivity index (χ0v) is 65.0. The van der Waals surface area contributed by atoms with E-state index >= 15 is 0 Å². The second-order valence-corrected chi connectivity index (χ2v) is 30.1. The van der Waals surface area contributed by atoms with Crippen LogP contribution in [0.4, 0.5) is 0 Å². The van der Waals surface area contributed by atoms with Crippen molar-refractivity contribution in [3.63, 3.8) is 0 Å². The molecule has 0 heterocycles. The van der Waals surface area contributed by atoms with E-state index in [1.54, 1.807) is 0 Å². The van der Waals surface area contributed by atoms with E-state index < -0.39 is 91.5 Å². The molecule has 0 aliphatic rings. The standard InChI is InChI=1S/C81H148O16P2/c1-4-7-10-13-16-19-22-25-27-28-29-30-31-32-33-34-35-36-37-38-39-40-41-42-43-44-45-46-48-51-52-55-58-61-64-67-79(84)91-70-76(82)71-93-98(87,88)94-72-77(83)73-95-99(89,90)96-75-78(97-81(86)69-66-63-60-57-54-49-24-21-18-15-12-9-6-3)74-92-80(85)68-65-62-59-56-53-50-47-26-23-20-17-14-11-8-5-2/h16,19,21,24-27,29-30,32-33,47,76-78,82-83H,4-15,17-18,20,22-23,28,31,34-46,48-75H2,1-3H3,(H,87,88)(H,89,90)/b19-16-,24-21-,27-25-,30-29-,33-32-,47-26-. The third-order valence-corrected chi connectivity index (χ3v) is 19.3. The highest BCUT2D eigenvalue weighted by Crippen LogP contribution is 2.45. The Morgan fingerprint density at radius 1 is 0.283 bits per heavy atom. The van der Waals surface area contributed by atoms with Crippen molar-refractivity contribution < 1.29 is 75.8 Å². The van der Waals surface area contributed by atoms with Crippen LogP contribution in [-0.4, -0.2) is 95.9 Å². The van der Waals surface area contributed by atoms with E-state index in [2.05, 4.69) is 93.7 Å². The third kappa shape index (κ3) is 76.0. The van der Waals surface area contributed by atoms with Crippen LogP contribution in [0.15, 0.2) is 72.9 Å². The lowest BCUT2D eigenvalue weighted by molar-refractivity contribution is -0.161. The average molecular weight is 1440 g/mol. The quantitative estimate of drug-likeness (QED) is 0.0146. The Labute approximate surface area is 604 Å². The van der Waals surface area contributed by atoms with Crippen LogP contribution in [-0.2, 0) is 55.8 Å². The Balaban J connectivity index is 4.30. The summed E-state index contributed by atoms with van der Waals surface area (Å²) in [5, 5.41) is 20.6. The van der Waals surface area contributed by atoms with E-state index in [1.807, 2.05) is 0 Å². The average Bonchev–Trinajstić information content (AvgIpc) is 1.09. The minimum Gasteiger partial charge on any atom is -0.463 e. The first-order chi connectivity index (χ1) is 48.2. The predicted molar refractivity (Wildman–Crippen MR) is 408 cm³/mol. The Hall–Kier alpha value is -3.01. The van der Waals surface area contributed by atoms with Gasteiger partial charge in [0.05, 0.1) is 26.4 Å². The van der Waals surface area contributed by atoms with E-state index in [4.69, 9.17) is 32.3 Å². The molecule has 578 valence electrons. The van der Waals surface area contributed by atoms with Gasteiger partial charge in [-0.2, -0.15) is 0 Å². The largest absolute Gasteiger partial charge is 0.472 e. The molecule has 18 heteroatoms. The molecule has 0 aliphatic heterocycles. The highest BCUT2D eigenvalue weighted by Gasteiger charge is 2.29. The summed E-state index contributed by atoms with van der Waals surface area (Å²) >= 11 is 0. The van der Waals surface area contributed by atoms with Gasteiger partial charge in [-0.25, -0.2) is 9.13 Å². The number of unbranched alkanes of at least 4 members (excludes halogenated alkanes) is 42. The van der Waals surface area contributed by atoms with Gasteiger partial charge in [0.15, 0.2) is 6.10 Å². The van der Waals surface area contributed by atoms with Crippen LogP contribution in [0, 0.1) is 0 Å². The van der Waals surface area contributed by atoms with E-state index in [-0.39, 0.29) is 19.3 Å². The van der Waals surface area contributed by atoms with Crippen LogP contribution in [0.2, 0.25) is 0 Å². The molecule has 5 atom stereocenters. The van der Waals surface area contributed by atoms with Crippen LogP contribution in [0.25, 0.3) is 0 Å². The van der Waals surface area contributed by atoms with Gasteiger partial charge in [0.1, 0.15) is 25.4 Å². The van der Waals surface area contributed by atoms with Gasteiger partial charge in [0.25, 0.3) is 0 Å². The molecular formula is C81H148O16P2. The minimum absolute atomic E-state index is 0.0965. The van der Waals surface area contributed by atoms with Crippen molar-refractivity contribution in [1.82, 2.24) is 0 Å². The summed E-state index contributed by atoms with van der Waals surface area (Å²) in [6.45, 7) is 2.65. The molecule has 0 aliphatic carbocycles. The van der Waals surface area contributed by atoms with E-state index in [0.717, 1.165) is 116 Å². The fraction of sp³-hybridized carbons (Fsp3) is 0.815. The van der Waals surface area contributed by atoms with Crippen molar-refractivity contribution >= 4 is 33.6 Å². The summed E-state index contributed by atoms with van der Waals surface area (Å²) in [6, 6.07) is 0. The van der Waals surface area contributed by atoms with E-state index in [1.165, 1.54) is 193 Å². The Bertz CT molecular complexity index is 2090. The maximum absolute atomic E-state index is 12.9. The summed E-state index contributed by atoms with van der Waals surface area (Å²) in [5.74, 6) is -1.58. The number of allylic oxidation sites excluding steroid dienone is 12. The smallest absolute Gasteiger partial charge is 0.463 e. The second-order valence-electron chi connectivity index (χ2n) is 27.2. The van der Waals surface area contributed by atoms with Crippen molar-refractivity contribution in [2.75, 3.05) is 39.6 Å². The van der Waals surface area contributed by atoms with Gasteiger partial charge in [0.2, 0.25) is 0 Å². The number of hydrogen-bond acceptors (Lipinski definition) is 14. The summed E-state index contributed by atoms with van der Waals surface area (Å²) in [5.41, 5.74) is 0. The topological polar surface area (TPSA) is 231 Å². The molecule has 0 aromatic heterocycles. The molecule has 0 fully saturated rings. The molecule has 0 bridgehead atoms. The third-order valence-electron chi connectivity index (χ3n) is 17.4. The summed E-state index contributed by atoms with van der Waals surface area (Å²) in [7, 11) is -9.77. The van der Waals surface area contributed by atoms with Crippen LogP contribution in [0.3, 0.4) is 0 Å². The van der Waals surface area contributed by atoms with Crippen molar-refractivity contribution in [3.05, 3.63) is 72.9 Å². The summed E-state index contributed by atoms with van der Waals surface area (Å²) in [6.07, 6.45) is 82.7. The number of ether oxygens (including phenoxy) is 3. The number of aliphatic hydroxyl groups excluding tert-OH is 2. The molecule has 0 saturated heterocycles. The van der Waals surface area contributed by atoms with Crippen LogP contribution in [0.1, 0.15) is 367 Å². The number of esters is 3. The number of carbonyl (C=O) groups is 3. The fourth-order valence-corrected chi connectivity index (χ4v) is 12.8. The zero-order valence-electron chi connectivity index (χ0n) is 63.2. The number of phosphoric ester groups is 2. The van der Waals surface area contributed by atoms with Crippen molar-refractivity contribution in [3.8, 4) is 0 Å². The Kier molecular flexibility index (Phi) is 72.4. The SMILES string of the molecule is CCCCC/C=C\C/C=C\C/C=C\C/C=C\CCCCCCCCCCCCCCCCCCCCCC(=O)OCC(O)COP(=O)(O)OCC(O)COP(=O)(O)OCC(COC(=O)CCCCCCC/C=C\CCCCCCCC)OC(=O)CCCCCCC/C=C\CCCCCC. The van der Waals surface area contributed by atoms with Crippen molar-refractivity contribution in [2.24, 2.45) is 0 Å². The fourth-order valence-electron chi connectivity index (χ4n) is 11.2. The first-order valence-electron chi connectivity index (χ1n) is 40.2. The van der Waals surface area contributed by atoms with E-state index in [0.29, 0.717) is 19.3 Å². The zero-order chi connectivity index (χ0) is 72.3. The van der Waals surface area contributed by atoms with Crippen molar-refractivity contribution in [1.29, 1.82) is 0 Å². The highest BCUT2D eigenvalue weighted by atomic mass is 31.2. The van der Waals surface area contributed by atoms with Crippen molar-refractivity contribution in [2.45, 2.75) is 386 Å². The number of phosphoric acid groups is 2. The monoisotopic (exact) mass is 1440 g/mol. The highest BCUT2D eigenvalue weighted by molar-refractivity contribution is 7.47. The number of rotatable bonds is 77. The maximum atomic E-state index is 12.9. The molecule has 0 radical (unpaired) electrons. The van der Waals surface area contributed by atoms with Gasteiger partial charge >= 0.3 is 33.6 Å². The Morgan fingerprint density at radius 2 is 0.505 bits per heavy atom. The number of hydrogen-bond donors (Lipinski definition) is 4. The van der Waals surface area contributed by atoms with Gasteiger partial charge in [-0.1, -0.05) is 306 Å². The van der Waals surface area contributed by atoms with Crippen LogP contribution < -0.4 is 0 Å².